The van der Waals surface area contributed by atoms with Crippen LogP contribution in [0.1, 0.15) is 12.5 Å². The van der Waals surface area contributed by atoms with Crippen molar-refractivity contribution >= 4 is 11.6 Å². The zero-order valence-electron chi connectivity index (χ0n) is 10.9. The highest BCUT2D eigenvalue weighted by molar-refractivity contribution is 5.80. The Bertz CT molecular complexity index is 432. The highest BCUT2D eigenvalue weighted by atomic mass is 16.3. The Morgan fingerprint density at radius 2 is 2.28 bits per heavy atom. The molecular weight excluding hydrogens is 228 g/mol. The van der Waals surface area contributed by atoms with Gasteiger partial charge in [-0.3, -0.25) is 4.79 Å². The van der Waals surface area contributed by atoms with Crippen molar-refractivity contribution in [2.24, 2.45) is 5.92 Å². The summed E-state index contributed by atoms with van der Waals surface area (Å²) < 4.78 is 0. The van der Waals surface area contributed by atoms with E-state index in [2.05, 4.69) is 11.4 Å². The van der Waals surface area contributed by atoms with E-state index in [1.807, 2.05) is 18.2 Å². The Labute approximate surface area is 108 Å². The van der Waals surface area contributed by atoms with Crippen LogP contribution in [0.25, 0.3) is 0 Å². The van der Waals surface area contributed by atoms with Gasteiger partial charge in [0.2, 0.25) is 5.91 Å². The lowest BCUT2D eigenvalue weighted by molar-refractivity contribution is -0.135. The van der Waals surface area contributed by atoms with Crippen LogP contribution in [-0.2, 0) is 11.2 Å². The molecule has 18 heavy (non-hydrogen) atoms. The van der Waals surface area contributed by atoms with E-state index < -0.39 is 6.10 Å². The van der Waals surface area contributed by atoms with Crippen LogP contribution in [-0.4, -0.2) is 42.2 Å². The lowest BCUT2D eigenvalue weighted by Crippen LogP contribution is -2.41. The Kier molecular flexibility index (Phi) is 3.87. The number of aliphatic hydroxyl groups excluding tert-OH is 1. The monoisotopic (exact) mass is 248 g/mol. The summed E-state index contributed by atoms with van der Waals surface area (Å²) in [5.41, 5.74) is 2.31. The summed E-state index contributed by atoms with van der Waals surface area (Å²) in [6.07, 6.45) is 0.286. The van der Waals surface area contributed by atoms with Crippen molar-refractivity contribution < 1.29 is 9.90 Å². The number of benzene rings is 1. The summed E-state index contributed by atoms with van der Waals surface area (Å²) in [6, 6.07) is 8.08. The molecule has 2 unspecified atom stereocenters. The number of rotatable bonds is 3. The van der Waals surface area contributed by atoms with Crippen molar-refractivity contribution in [2.45, 2.75) is 19.4 Å². The van der Waals surface area contributed by atoms with Crippen LogP contribution in [0.2, 0.25) is 0 Å². The van der Waals surface area contributed by atoms with Crippen molar-refractivity contribution in [3.8, 4) is 0 Å². The first-order chi connectivity index (χ1) is 8.58. The molecule has 1 aromatic rings. The van der Waals surface area contributed by atoms with Gasteiger partial charge in [-0.2, -0.15) is 0 Å². The van der Waals surface area contributed by atoms with Gasteiger partial charge in [-0.15, -0.1) is 0 Å². The summed E-state index contributed by atoms with van der Waals surface area (Å²) in [5, 5.41) is 12.6. The number of aliphatic hydroxyl groups is 1. The second-order valence-electron chi connectivity index (χ2n) is 5.01. The largest absolute Gasteiger partial charge is 0.392 e. The van der Waals surface area contributed by atoms with Crippen LogP contribution in [0.15, 0.2) is 24.3 Å². The summed E-state index contributed by atoms with van der Waals surface area (Å²) in [7, 11) is 1.75. The average Bonchev–Trinajstić information content (AvgIpc) is 2.36. The van der Waals surface area contributed by atoms with E-state index in [0.717, 1.165) is 12.1 Å². The van der Waals surface area contributed by atoms with Gasteiger partial charge in [-0.05, 0) is 25.0 Å². The molecule has 2 atom stereocenters. The lowest BCUT2D eigenvalue weighted by Gasteiger charge is -2.29. The number of para-hydroxylation sites is 1. The number of fused-ring (bicyclic) bond motifs is 1. The van der Waals surface area contributed by atoms with Crippen LogP contribution >= 0.6 is 0 Å². The Morgan fingerprint density at radius 1 is 1.56 bits per heavy atom. The van der Waals surface area contributed by atoms with Crippen LogP contribution in [0.3, 0.4) is 0 Å². The average molecular weight is 248 g/mol. The number of carbonyl (C=O) groups excluding carboxylic acids is 1. The second kappa shape index (κ2) is 5.40. The first-order valence-electron chi connectivity index (χ1n) is 6.32. The normalized spacial score (nSPS) is 19.6. The van der Waals surface area contributed by atoms with Crippen molar-refractivity contribution in [3.63, 3.8) is 0 Å². The van der Waals surface area contributed by atoms with E-state index in [1.54, 1.807) is 18.9 Å². The molecule has 4 heteroatoms. The molecule has 1 amide bonds. The minimum absolute atomic E-state index is 0.0383. The molecule has 0 aromatic heterocycles. The summed E-state index contributed by atoms with van der Waals surface area (Å²) >= 11 is 0. The maximum Gasteiger partial charge on any atom is 0.227 e. The number of carbonyl (C=O) groups is 1. The zero-order valence-corrected chi connectivity index (χ0v) is 10.9. The Hall–Kier alpha value is -1.55. The van der Waals surface area contributed by atoms with Gasteiger partial charge in [0, 0.05) is 25.8 Å². The van der Waals surface area contributed by atoms with Crippen LogP contribution in [0.4, 0.5) is 5.69 Å². The zero-order chi connectivity index (χ0) is 13.1. The van der Waals surface area contributed by atoms with E-state index >= 15 is 0 Å². The fourth-order valence-electron chi connectivity index (χ4n) is 2.41. The number of amides is 1. The molecular formula is C14H20N2O2. The molecule has 0 spiro atoms. The first-order valence-corrected chi connectivity index (χ1v) is 6.32. The van der Waals surface area contributed by atoms with Gasteiger partial charge in [0.25, 0.3) is 0 Å². The molecule has 1 aliphatic rings. The maximum atomic E-state index is 12.2. The fourth-order valence-corrected chi connectivity index (χ4v) is 2.41. The molecule has 2 rings (SSSR count). The molecule has 0 saturated heterocycles. The van der Waals surface area contributed by atoms with E-state index in [4.69, 9.17) is 0 Å². The number of hydrogen-bond acceptors (Lipinski definition) is 3. The summed E-state index contributed by atoms with van der Waals surface area (Å²) in [6.45, 7) is 2.75. The van der Waals surface area contributed by atoms with Gasteiger partial charge in [0.1, 0.15) is 0 Å². The SMILES string of the molecule is CC(O)CN(C)C(=O)C1CNc2ccccc2C1. The molecule has 1 aliphatic heterocycles. The highest BCUT2D eigenvalue weighted by Crippen LogP contribution is 2.25. The van der Waals surface area contributed by atoms with Crippen molar-refractivity contribution in [1.82, 2.24) is 4.90 Å². The first kappa shape index (κ1) is 12.9. The lowest BCUT2D eigenvalue weighted by atomic mass is 9.93. The summed E-state index contributed by atoms with van der Waals surface area (Å²) in [5.74, 6) is 0.0570. The van der Waals surface area contributed by atoms with Gasteiger partial charge >= 0.3 is 0 Å². The molecule has 1 aromatic carbocycles. The van der Waals surface area contributed by atoms with E-state index in [-0.39, 0.29) is 11.8 Å². The number of nitrogens with zero attached hydrogens (tertiary/aromatic N) is 1. The van der Waals surface area contributed by atoms with Crippen molar-refractivity contribution in [1.29, 1.82) is 0 Å². The fraction of sp³-hybridized carbons (Fsp3) is 0.500. The molecule has 0 fully saturated rings. The Morgan fingerprint density at radius 3 is 3.00 bits per heavy atom. The Balaban J connectivity index is 2.02. The molecule has 4 nitrogen and oxygen atoms in total. The number of anilines is 1. The third-order valence-electron chi connectivity index (χ3n) is 3.29. The van der Waals surface area contributed by atoms with Gasteiger partial charge in [0.15, 0.2) is 0 Å². The van der Waals surface area contributed by atoms with E-state index in [9.17, 15) is 9.90 Å². The second-order valence-corrected chi connectivity index (χ2v) is 5.01. The van der Waals surface area contributed by atoms with Crippen molar-refractivity contribution in [2.75, 3.05) is 25.5 Å². The number of likely N-dealkylation sites (N-methyl/N-ethyl adjacent to an activating group) is 1. The molecule has 1 heterocycles. The predicted molar refractivity (Wildman–Crippen MR) is 71.4 cm³/mol. The van der Waals surface area contributed by atoms with Crippen LogP contribution in [0.5, 0.6) is 0 Å². The van der Waals surface area contributed by atoms with Crippen LogP contribution in [0, 0.1) is 5.92 Å². The third-order valence-corrected chi connectivity index (χ3v) is 3.29. The van der Waals surface area contributed by atoms with Crippen LogP contribution < -0.4 is 5.32 Å². The minimum Gasteiger partial charge on any atom is -0.392 e. The molecule has 0 saturated carbocycles. The van der Waals surface area contributed by atoms with Gasteiger partial charge < -0.3 is 15.3 Å². The minimum atomic E-state index is -0.484. The number of hydrogen-bond donors (Lipinski definition) is 2. The topological polar surface area (TPSA) is 52.6 Å². The molecule has 2 N–H and O–H groups in total. The highest BCUT2D eigenvalue weighted by Gasteiger charge is 2.26. The smallest absolute Gasteiger partial charge is 0.227 e. The summed E-state index contributed by atoms with van der Waals surface area (Å²) in [4.78, 5) is 13.8. The molecule has 0 aliphatic carbocycles. The maximum absolute atomic E-state index is 12.2. The quantitative estimate of drug-likeness (QED) is 0.842. The molecule has 0 bridgehead atoms. The van der Waals surface area contributed by atoms with Crippen molar-refractivity contribution in [3.05, 3.63) is 29.8 Å². The number of nitrogens with one attached hydrogen (secondary N) is 1. The molecule has 98 valence electrons. The van der Waals surface area contributed by atoms with Gasteiger partial charge in [0.05, 0.1) is 12.0 Å². The van der Waals surface area contributed by atoms with E-state index in [0.29, 0.717) is 13.1 Å². The third kappa shape index (κ3) is 2.82. The standard InChI is InChI=1S/C14H20N2O2/c1-10(17)9-16(2)14(18)12-7-11-5-3-4-6-13(11)15-8-12/h3-6,10,12,15,17H,7-9H2,1-2H3. The predicted octanol–water partition coefficient (Wildman–Crippen LogP) is 1.11. The van der Waals surface area contributed by atoms with Gasteiger partial charge in [-0.1, -0.05) is 18.2 Å². The molecule has 0 radical (unpaired) electrons. The van der Waals surface area contributed by atoms with E-state index in [1.165, 1.54) is 5.56 Å². The van der Waals surface area contributed by atoms with Gasteiger partial charge in [-0.25, -0.2) is 0 Å².